The number of phosphoric ester groups is 1. The van der Waals surface area contributed by atoms with Crippen molar-refractivity contribution in [2.45, 2.75) is 200 Å². The van der Waals surface area contributed by atoms with E-state index in [9.17, 15) is 19.0 Å². The van der Waals surface area contributed by atoms with E-state index in [0.29, 0.717) is 19.4 Å². The molecule has 10 heteroatoms. The van der Waals surface area contributed by atoms with Crippen LogP contribution in [0.1, 0.15) is 194 Å². The molecule has 2 unspecified atom stereocenters. The molecule has 0 saturated carbocycles. The van der Waals surface area contributed by atoms with Crippen LogP contribution in [0.25, 0.3) is 0 Å². The minimum Gasteiger partial charge on any atom is -0.462 e. The Morgan fingerprint density at radius 2 is 0.982 bits per heavy atom. The van der Waals surface area contributed by atoms with Crippen LogP contribution in [-0.4, -0.2) is 56.3 Å². The van der Waals surface area contributed by atoms with Crippen LogP contribution in [0.15, 0.2) is 48.6 Å². The number of rotatable bonds is 42. The van der Waals surface area contributed by atoms with Crippen LogP contribution in [0.3, 0.4) is 0 Å². The lowest BCUT2D eigenvalue weighted by atomic mass is 10.0. The van der Waals surface area contributed by atoms with Crippen LogP contribution in [0, 0.1) is 0 Å². The molecule has 2 N–H and O–H groups in total. The van der Waals surface area contributed by atoms with Gasteiger partial charge in [-0.05, 0) is 58.4 Å². The van der Waals surface area contributed by atoms with Crippen LogP contribution in [0.5, 0.6) is 0 Å². The maximum atomic E-state index is 12.6. The maximum absolute atomic E-state index is 12.6. The largest absolute Gasteiger partial charge is 0.472 e. The molecule has 0 aliphatic rings. The van der Waals surface area contributed by atoms with Crippen molar-refractivity contribution in [3.63, 3.8) is 0 Å². The van der Waals surface area contributed by atoms with Crippen molar-refractivity contribution in [3.05, 3.63) is 48.6 Å². The summed E-state index contributed by atoms with van der Waals surface area (Å²) in [5, 5.41) is 2.82. The molecule has 0 aromatic heterocycles. The second-order valence-corrected chi connectivity index (χ2v) is 16.3. The number of esters is 2. The number of carbonyl (C=O) groups excluding carboxylic acids is 2. The summed E-state index contributed by atoms with van der Waals surface area (Å²) >= 11 is 0. The number of nitrogens with one attached hydrogen (secondary N) is 1. The lowest BCUT2D eigenvalue weighted by molar-refractivity contribution is -0.161. The predicted octanol–water partition coefficient (Wildman–Crippen LogP) is 13.0. The number of likely N-dealkylation sites (N-methyl/N-ethyl adjacent to an activating group) is 1. The zero-order chi connectivity index (χ0) is 41.1. The molecule has 0 radical (unpaired) electrons. The highest BCUT2D eigenvalue weighted by atomic mass is 31.2. The van der Waals surface area contributed by atoms with Gasteiger partial charge in [0.25, 0.3) is 0 Å². The SMILES string of the molecule is CCCCC/C=C\C/C=C\C/C=C\C/C=C\CCCC(=O)OCC(COP(=O)(O)OCCNC)OC(=O)CCCCCCCCCCCCCCCCCCC. The average molecular weight is 810 g/mol. The molecule has 0 rings (SSSR count). The molecule has 0 heterocycles. The molecule has 0 bridgehead atoms. The van der Waals surface area contributed by atoms with Gasteiger partial charge >= 0.3 is 19.8 Å². The highest BCUT2D eigenvalue weighted by Crippen LogP contribution is 2.43. The van der Waals surface area contributed by atoms with Gasteiger partial charge in [-0.3, -0.25) is 18.6 Å². The van der Waals surface area contributed by atoms with Gasteiger partial charge in [-0.15, -0.1) is 0 Å². The lowest BCUT2D eigenvalue weighted by Crippen LogP contribution is -2.29. The first kappa shape index (κ1) is 54.0. The first-order valence-corrected chi connectivity index (χ1v) is 24.1. The minimum atomic E-state index is -4.36. The fourth-order valence-corrected chi connectivity index (χ4v) is 6.77. The van der Waals surface area contributed by atoms with Gasteiger partial charge in [0.15, 0.2) is 6.10 Å². The van der Waals surface area contributed by atoms with Gasteiger partial charge in [-0.25, -0.2) is 4.57 Å². The Balaban J connectivity index is 4.28. The second-order valence-electron chi connectivity index (χ2n) is 14.9. The van der Waals surface area contributed by atoms with Crippen LogP contribution < -0.4 is 5.32 Å². The molecule has 9 nitrogen and oxygen atoms in total. The molecule has 0 saturated heterocycles. The van der Waals surface area contributed by atoms with E-state index in [1.165, 1.54) is 116 Å². The molecule has 0 amide bonds. The summed E-state index contributed by atoms with van der Waals surface area (Å²) in [6.45, 7) is 4.15. The Morgan fingerprint density at radius 3 is 1.48 bits per heavy atom. The molecule has 0 aromatic carbocycles. The van der Waals surface area contributed by atoms with Gasteiger partial charge in [-0.2, -0.15) is 0 Å². The topological polar surface area (TPSA) is 120 Å². The van der Waals surface area contributed by atoms with Crippen molar-refractivity contribution in [2.24, 2.45) is 0 Å². The third-order valence-corrected chi connectivity index (χ3v) is 10.4. The molecular weight excluding hydrogens is 725 g/mol. The van der Waals surface area contributed by atoms with E-state index in [2.05, 4.69) is 67.8 Å². The molecule has 0 spiro atoms. The Kier molecular flexibility index (Phi) is 41.0. The van der Waals surface area contributed by atoms with Gasteiger partial charge in [0.2, 0.25) is 0 Å². The van der Waals surface area contributed by atoms with Crippen molar-refractivity contribution < 1.29 is 37.6 Å². The predicted molar refractivity (Wildman–Crippen MR) is 234 cm³/mol. The Labute approximate surface area is 343 Å². The fraction of sp³-hybridized carbons (Fsp3) is 0.783. The molecule has 0 aliphatic heterocycles. The normalized spacial score (nSPS) is 13.7. The van der Waals surface area contributed by atoms with Gasteiger partial charge in [0, 0.05) is 19.4 Å². The highest BCUT2D eigenvalue weighted by Gasteiger charge is 2.26. The summed E-state index contributed by atoms with van der Waals surface area (Å²) in [5.41, 5.74) is 0. The summed E-state index contributed by atoms with van der Waals surface area (Å²) < 4.78 is 33.2. The fourth-order valence-electron chi connectivity index (χ4n) is 6.02. The van der Waals surface area contributed by atoms with Crippen LogP contribution >= 0.6 is 7.82 Å². The summed E-state index contributed by atoms with van der Waals surface area (Å²) in [6, 6.07) is 0. The first-order valence-electron chi connectivity index (χ1n) is 22.6. The van der Waals surface area contributed by atoms with E-state index in [1.54, 1.807) is 7.05 Å². The van der Waals surface area contributed by atoms with Gasteiger partial charge in [-0.1, -0.05) is 178 Å². The smallest absolute Gasteiger partial charge is 0.462 e. The summed E-state index contributed by atoms with van der Waals surface area (Å²) in [5.74, 6) is -0.868. The minimum absolute atomic E-state index is 0.0253. The summed E-state index contributed by atoms with van der Waals surface area (Å²) in [7, 11) is -2.67. The molecule has 0 aromatic rings. The van der Waals surface area contributed by atoms with E-state index >= 15 is 0 Å². The van der Waals surface area contributed by atoms with Crippen LogP contribution in [0.4, 0.5) is 0 Å². The molecule has 0 aliphatic carbocycles. The van der Waals surface area contributed by atoms with Crippen molar-refractivity contribution in [1.82, 2.24) is 5.32 Å². The van der Waals surface area contributed by atoms with E-state index in [1.807, 2.05) is 0 Å². The van der Waals surface area contributed by atoms with Crippen molar-refractivity contribution in [3.8, 4) is 0 Å². The van der Waals surface area contributed by atoms with Crippen LogP contribution in [0.2, 0.25) is 0 Å². The van der Waals surface area contributed by atoms with Gasteiger partial charge < -0.3 is 19.7 Å². The third-order valence-electron chi connectivity index (χ3n) is 9.45. The first-order chi connectivity index (χ1) is 27.3. The van der Waals surface area contributed by atoms with Crippen molar-refractivity contribution in [1.29, 1.82) is 0 Å². The van der Waals surface area contributed by atoms with E-state index in [0.717, 1.165) is 38.5 Å². The molecule has 2 atom stereocenters. The summed E-state index contributed by atoms with van der Waals surface area (Å²) in [4.78, 5) is 35.1. The zero-order valence-corrected chi connectivity index (χ0v) is 37.0. The van der Waals surface area contributed by atoms with Gasteiger partial charge in [0.1, 0.15) is 6.61 Å². The van der Waals surface area contributed by atoms with E-state index < -0.39 is 32.5 Å². The Hall–Kier alpha value is -2.03. The molecule has 0 fully saturated rings. The van der Waals surface area contributed by atoms with Crippen LogP contribution in [-0.2, 0) is 32.7 Å². The monoisotopic (exact) mass is 810 g/mol. The zero-order valence-electron chi connectivity index (χ0n) is 36.1. The number of allylic oxidation sites excluding steroid dienone is 8. The number of ether oxygens (including phenoxy) is 2. The maximum Gasteiger partial charge on any atom is 0.472 e. The number of phosphoric acid groups is 1. The average Bonchev–Trinajstić information content (AvgIpc) is 3.18. The Bertz CT molecular complexity index is 1060. The van der Waals surface area contributed by atoms with Crippen molar-refractivity contribution >= 4 is 19.8 Å². The quantitative estimate of drug-likeness (QED) is 0.0269. The second kappa shape index (κ2) is 42.6. The lowest BCUT2D eigenvalue weighted by Gasteiger charge is -2.20. The van der Waals surface area contributed by atoms with E-state index in [4.69, 9.17) is 18.5 Å². The molecular formula is C46H84NO8P. The Morgan fingerprint density at radius 1 is 0.554 bits per heavy atom. The van der Waals surface area contributed by atoms with Crippen molar-refractivity contribution in [2.75, 3.05) is 33.4 Å². The third kappa shape index (κ3) is 41.6. The number of hydrogen-bond acceptors (Lipinski definition) is 8. The van der Waals surface area contributed by atoms with Gasteiger partial charge in [0.05, 0.1) is 13.2 Å². The number of carbonyl (C=O) groups is 2. The molecule has 56 heavy (non-hydrogen) atoms. The summed E-state index contributed by atoms with van der Waals surface area (Å²) in [6.07, 6.45) is 47.3. The standard InChI is InChI=1S/C46H84NO8P/c1-4-6-8-10-12-14-16-18-20-22-24-26-28-30-32-34-36-38-45(48)52-42-44(43-54-56(50,51)53-41-40-47-3)55-46(49)39-37-35-33-31-29-27-25-23-21-19-17-15-13-11-9-7-5-2/h12,14,18,20,24,26,30,32,44,47H,4-11,13,15-17,19,21-23,25,27-29,31,33-43H2,1-3H3,(H,50,51)/b14-12-,20-18-,26-24-,32-30-. The highest BCUT2D eigenvalue weighted by molar-refractivity contribution is 7.47. The molecule has 326 valence electrons. The number of unbranched alkanes of at least 4 members (excludes halogenated alkanes) is 20. The number of hydrogen-bond donors (Lipinski definition) is 2. The van der Waals surface area contributed by atoms with E-state index in [-0.39, 0.29) is 26.1 Å².